The van der Waals surface area contributed by atoms with Gasteiger partial charge in [-0.05, 0) is 56.0 Å². The van der Waals surface area contributed by atoms with Crippen molar-refractivity contribution in [3.63, 3.8) is 0 Å². The summed E-state index contributed by atoms with van der Waals surface area (Å²) in [6, 6.07) is 13.6. The van der Waals surface area contributed by atoms with E-state index < -0.39 is 18.2 Å². The number of carboxylic acids is 1. The Hall–Kier alpha value is -3.65. The van der Waals surface area contributed by atoms with Gasteiger partial charge in [-0.3, -0.25) is 10.1 Å². The third kappa shape index (κ3) is 8.42. The van der Waals surface area contributed by atoms with E-state index in [1.807, 2.05) is 6.92 Å². The number of aliphatic hydroxyl groups is 1. The molecule has 2 aromatic rings. The molecule has 0 bridgehead atoms. The van der Waals surface area contributed by atoms with E-state index in [0.717, 1.165) is 6.08 Å². The number of nitrogens with one attached hydrogen (secondary N) is 1. The molecule has 8 heteroatoms. The number of allylic oxidation sites excluding steroid dienone is 1. The molecule has 0 radical (unpaired) electrons. The van der Waals surface area contributed by atoms with Crippen molar-refractivity contribution in [3.8, 4) is 5.75 Å². The zero-order valence-corrected chi connectivity index (χ0v) is 18.7. The molecule has 0 aliphatic rings. The third-order valence-electron chi connectivity index (χ3n) is 4.91. The van der Waals surface area contributed by atoms with Gasteiger partial charge in [0.15, 0.2) is 5.78 Å². The van der Waals surface area contributed by atoms with Crippen LogP contribution in [0.2, 0.25) is 0 Å². The number of para-hydroxylation sites is 1. The summed E-state index contributed by atoms with van der Waals surface area (Å²) < 4.78 is 11.4. The fourth-order valence-electron chi connectivity index (χ4n) is 3.23. The van der Waals surface area contributed by atoms with E-state index in [4.69, 9.17) is 19.7 Å². The number of carboxylic acid groups (broad SMARTS) is 1. The number of rotatable bonds is 12. The maximum absolute atomic E-state index is 12.7. The fraction of sp³-hybridized carbons (Fsp3) is 0.320. The van der Waals surface area contributed by atoms with E-state index in [0.29, 0.717) is 35.4 Å². The molecule has 0 aliphatic carbocycles. The van der Waals surface area contributed by atoms with Crippen molar-refractivity contribution in [1.29, 1.82) is 0 Å². The lowest BCUT2D eigenvalue weighted by Crippen LogP contribution is -2.22. The molecular weight excluding hydrogens is 426 g/mol. The number of carbonyl (C=O) groups excluding carboxylic acids is 2. The molecular formula is C25H29NO7. The number of carbonyl (C=O) groups is 3. The van der Waals surface area contributed by atoms with Gasteiger partial charge in [-0.1, -0.05) is 31.2 Å². The number of hydrogen-bond acceptors (Lipinski definition) is 6. The summed E-state index contributed by atoms with van der Waals surface area (Å²) in [5.74, 6) is -0.779. The Bertz CT molecular complexity index is 969. The van der Waals surface area contributed by atoms with E-state index >= 15 is 0 Å². The smallest absolute Gasteiger partial charge is 0.412 e. The molecule has 0 heterocycles. The second-order valence-corrected chi connectivity index (χ2v) is 7.49. The molecule has 0 spiro atoms. The Labute approximate surface area is 192 Å². The number of aliphatic carboxylic acids is 1. The van der Waals surface area contributed by atoms with Crippen LogP contribution in [-0.4, -0.2) is 41.3 Å². The van der Waals surface area contributed by atoms with E-state index in [2.05, 4.69) is 5.32 Å². The molecule has 3 N–H and O–H groups in total. The monoisotopic (exact) mass is 455 g/mol. The van der Waals surface area contributed by atoms with Gasteiger partial charge in [0.2, 0.25) is 0 Å². The van der Waals surface area contributed by atoms with Crippen LogP contribution in [0.25, 0.3) is 0 Å². The van der Waals surface area contributed by atoms with Crippen LogP contribution in [-0.2, 0) is 9.53 Å². The van der Waals surface area contributed by atoms with Crippen LogP contribution < -0.4 is 10.1 Å². The van der Waals surface area contributed by atoms with Crippen LogP contribution in [0.1, 0.15) is 48.7 Å². The Kier molecular flexibility index (Phi) is 10.1. The molecule has 2 aromatic carbocycles. The molecule has 176 valence electrons. The van der Waals surface area contributed by atoms with E-state index in [1.165, 1.54) is 6.92 Å². The minimum Gasteiger partial charge on any atom is -0.491 e. The maximum Gasteiger partial charge on any atom is 0.412 e. The Morgan fingerprint density at radius 2 is 1.79 bits per heavy atom. The Morgan fingerprint density at radius 1 is 1.09 bits per heavy atom. The number of anilines is 1. The van der Waals surface area contributed by atoms with Crippen molar-refractivity contribution in [3.05, 3.63) is 71.8 Å². The number of amides is 1. The maximum atomic E-state index is 12.7. The van der Waals surface area contributed by atoms with Gasteiger partial charge in [0, 0.05) is 22.9 Å². The third-order valence-corrected chi connectivity index (χ3v) is 4.91. The zero-order valence-electron chi connectivity index (χ0n) is 18.7. The molecule has 1 amide bonds. The summed E-state index contributed by atoms with van der Waals surface area (Å²) in [6.07, 6.45) is 2.32. The summed E-state index contributed by atoms with van der Waals surface area (Å²) in [5.41, 5.74) is 1.65. The predicted octanol–water partition coefficient (Wildman–Crippen LogP) is 4.61. The van der Waals surface area contributed by atoms with Gasteiger partial charge in [-0.15, -0.1) is 0 Å². The van der Waals surface area contributed by atoms with Gasteiger partial charge in [-0.2, -0.15) is 0 Å². The molecule has 2 atom stereocenters. The highest BCUT2D eigenvalue weighted by Crippen LogP contribution is 2.35. The predicted molar refractivity (Wildman–Crippen MR) is 123 cm³/mol. The van der Waals surface area contributed by atoms with E-state index in [1.54, 1.807) is 54.6 Å². The largest absolute Gasteiger partial charge is 0.491 e. The number of hydrogen-bond donors (Lipinski definition) is 3. The number of benzene rings is 2. The van der Waals surface area contributed by atoms with Gasteiger partial charge in [0.05, 0.1) is 6.61 Å². The minimum atomic E-state index is -1.02. The van der Waals surface area contributed by atoms with Crippen molar-refractivity contribution >= 4 is 23.5 Å². The average Bonchev–Trinajstić information content (AvgIpc) is 2.79. The first-order valence-electron chi connectivity index (χ1n) is 10.6. The van der Waals surface area contributed by atoms with Crippen molar-refractivity contribution in [2.45, 2.75) is 32.8 Å². The van der Waals surface area contributed by atoms with Gasteiger partial charge in [0.25, 0.3) is 0 Å². The Morgan fingerprint density at radius 3 is 2.42 bits per heavy atom. The van der Waals surface area contributed by atoms with Crippen LogP contribution in [0.3, 0.4) is 0 Å². The summed E-state index contributed by atoms with van der Waals surface area (Å²) >= 11 is 0. The second kappa shape index (κ2) is 13.0. The van der Waals surface area contributed by atoms with Crippen LogP contribution in [0.4, 0.5) is 10.5 Å². The standard InChI is InChI=1S/C25H29NO7/c1-17(7-3-6-10-23(29)30)24(21-8-4-5-9-22(21)32-16-15-27)33-25(31)26-20-13-11-19(12-14-20)18(2)28/h4-6,8-14,17,24,27H,3,7,15-16H2,1-2H3,(H,26,31)(H,29,30)/b10-6+/t17-,24-/m1/s1. The fourth-order valence-corrected chi connectivity index (χ4v) is 3.23. The first-order valence-corrected chi connectivity index (χ1v) is 10.6. The molecule has 0 saturated heterocycles. The lowest BCUT2D eigenvalue weighted by Gasteiger charge is -2.26. The molecule has 0 aliphatic heterocycles. The van der Waals surface area contributed by atoms with Crippen molar-refractivity contribution < 1.29 is 34.1 Å². The number of ether oxygens (including phenoxy) is 2. The quantitative estimate of drug-likeness (QED) is 0.316. The lowest BCUT2D eigenvalue weighted by atomic mass is 9.92. The highest BCUT2D eigenvalue weighted by Gasteiger charge is 2.26. The second-order valence-electron chi connectivity index (χ2n) is 7.49. The van der Waals surface area contributed by atoms with Gasteiger partial charge in [0.1, 0.15) is 18.5 Å². The Balaban J connectivity index is 2.20. The number of Topliss-reactive ketones (excluding diaryl/α,β-unsaturated/α-hetero) is 1. The topological polar surface area (TPSA) is 122 Å². The lowest BCUT2D eigenvalue weighted by molar-refractivity contribution is -0.131. The van der Waals surface area contributed by atoms with Gasteiger partial charge >= 0.3 is 12.1 Å². The minimum absolute atomic E-state index is 0.0746. The molecule has 0 aromatic heterocycles. The molecule has 0 unspecified atom stereocenters. The van der Waals surface area contributed by atoms with Crippen molar-refractivity contribution in [1.82, 2.24) is 0 Å². The van der Waals surface area contributed by atoms with Crippen LogP contribution >= 0.6 is 0 Å². The summed E-state index contributed by atoms with van der Waals surface area (Å²) in [6.45, 7) is 3.29. The summed E-state index contributed by atoms with van der Waals surface area (Å²) in [4.78, 5) is 34.8. The number of aliphatic hydroxyl groups excluding tert-OH is 1. The average molecular weight is 456 g/mol. The van der Waals surface area contributed by atoms with E-state index in [-0.39, 0.29) is 24.9 Å². The molecule has 2 rings (SSSR count). The zero-order chi connectivity index (χ0) is 24.2. The van der Waals surface area contributed by atoms with Crippen molar-refractivity contribution in [2.75, 3.05) is 18.5 Å². The van der Waals surface area contributed by atoms with Crippen LogP contribution in [0.15, 0.2) is 60.7 Å². The highest BCUT2D eigenvalue weighted by molar-refractivity contribution is 5.95. The number of ketones is 1. The van der Waals surface area contributed by atoms with Crippen molar-refractivity contribution in [2.24, 2.45) is 5.92 Å². The summed E-state index contributed by atoms with van der Waals surface area (Å²) in [5, 5.41) is 20.6. The first kappa shape index (κ1) is 25.6. The van der Waals surface area contributed by atoms with Gasteiger partial charge < -0.3 is 19.7 Å². The molecule has 0 fully saturated rings. The SMILES string of the molecule is CC(=O)c1ccc(NC(=O)O[C@@H](c2ccccc2OCCO)[C@H](C)CC/C=C/C(=O)O)cc1. The normalized spacial score (nSPS) is 12.7. The van der Waals surface area contributed by atoms with E-state index in [9.17, 15) is 14.4 Å². The molecule has 33 heavy (non-hydrogen) atoms. The van der Waals surface area contributed by atoms with Crippen LogP contribution in [0, 0.1) is 5.92 Å². The van der Waals surface area contributed by atoms with Crippen LogP contribution in [0.5, 0.6) is 5.75 Å². The molecule has 8 nitrogen and oxygen atoms in total. The first-order chi connectivity index (χ1) is 15.8. The highest BCUT2D eigenvalue weighted by atomic mass is 16.6. The molecule has 0 saturated carbocycles. The van der Waals surface area contributed by atoms with Gasteiger partial charge in [-0.25, -0.2) is 9.59 Å². The summed E-state index contributed by atoms with van der Waals surface area (Å²) in [7, 11) is 0.